The van der Waals surface area contributed by atoms with Crippen LogP contribution in [-0.2, 0) is 9.53 Å². The lowest BCUT2D eigenvalue weighted by atomic mass is 10.2. The van der Waals surface area contributed by atoms with Gasteiger partial charge in [0.05, 0.1) is 12.3 Å². The Balaban J connectivity index is 1.76. The highest BCUT2D eigenvalue weighted by atomic mass is 19.1. The van der Waals surface area contributed by atoms with Gasteiger partial charge in [-0.2, -0.15) is 5.10 Å². The van der Waals surface area contributed by atoms with Crippen molar-refractivity contribution in [2.45, 2.75) is 20.0 Å². The van der Waals surface area contributed by atoms with Crippen molar-refractivity contribution in [1.29, 1.82) is 0 Å². The number of halogens is 1. The fourth-order valence-electron chi connectivity index (χ4n) is 2.59. The van der Waals surface area contributed by atoms with Crippen LogP contribution in [0.2, 0.25) is 0 Å². The van der Waals surface area contributed by atoms with Crippen molar-refractivity contribution in [2.75, 3.05) is 25.0 Å². The molecule has 3 rings (SSSR count). The number of benzene rings is 1. The number of aromatic nitrogens is 2. The van der Waals surface area contributed by atoms with Crippen molar-refractivity contribution < 1.29 is 13.9 Å². The molecule has 2 heterocycles. The maximum atomic E-state index is 14.4. The van der Waals surface area contributed by atoms with Gasteiger partial charge in [-0.3, -0.25) is 4.79 Å². The SMILES string of the molecule is Cc1cc(C)n(-c2ccc(NC(=O)C3CNCCO3)cc2F)n1. The van der Waals surface area contributed by atoms with E-state index in [9.17, 15) is 9.18 Å². The summed E-state index contributed by atoms with van der Waals surface area (Å²) in [7, 11) is 0. The van der Waals surface area contributed by atoms with E-state index in [1.807, 2.05) is 19.9 Å². The van der Waals surface area contributed by atoms with Crippen molar-refractivity contribution in [3.8, 4) is 5.69 Å². The number of carbonyl (C=O) groups excluding carboxylic acids is 1. The molecule has 2 N–H and O–H groups in total. The molecule has 1 fully saturated rings. The lowest BCUT2D eigenvalue weighted by Crippen LogP contribution is -2.45. The zero-order valence-electron chi connectivity index (χ0n) is 13.1. The molecule has 2 aromatic rings. The Kier molecular flexibility index (Phi) is 4.40. The quantitative estimate of drug-likeness (QED) is 0.901. The Morgan fingerprint density at radius 3 is 2.87 bits per heavy atom. The highest BCUT2D eigenvalue weighted by molar-refractivity contribution is 5.94. The normalized spacial score (nSPS) is 18.0. The van der Waals surface area contributed by atoms with Gasteiger partial charge in [0, 0.05) is 24.5 Å². The van der Waals surface area contributed by atoms with Gasteiger partial charge in [-0.15, -0.1) is 0 Å². The van der Waals surface area contributed by atoms with Crippen LogP contribution in [0.1, 0.15) is 11.4 Å². The molecule has 6 nitrogen and oxygen atoms in total. The van der Waals surface area contributed by atoms with Crippen LogP contribution in [0.15, 0.2) is 24.3 Å². The number of carbonyl (C=O) groups is 1. The molecule has 0 spiro atoms. The summed E-state index contributed by atoms with van der Waals surface area (Å²) in [5.41, 5.74) is 2.41. The molecule has 1 saturated heterocycles. The second-order valence-corrected chi connectivity index (χ2v) is 5.56. The Labute approximate surface area is 133 Å². The molecule has 0 aliphatic carbocycles. The molecule has 0 bridgehead atoms. The van der Waals surface area contributed by atoms with E-state index < -0.39 is 11.9 Å². The lowest BCUT2D eigenvalue weighted by molar-refractivity contribution is -0.128. The topological polar surface area (TPSA) is 68.2 Å². The van der Waals surface area contributed by atoms with Crippen LogP contribution in [0.5, 0.6) is 0 Å². The highest BCUT2D eigenvalue weighted by Gasteiger charge is 2.22. The zero-order chi connectivity index (χ0) is 16.4. The number of ether oxygens (including phenoxy) is 1. The molecule has 1 unspecified atom stereocenters. The summed E-state index contributed by atoms with van der Waals surface area (Å²) in [4.78, 5) is 12.1. The minimum Gasteiger partial charge on any atom is -0.366 e. The van der Waals surface area contributed by atoms with Gasteiger partial charge in [0.2, 0.25) is 0 Å². The number of nitrogens with one attached hydrogen (secondary N) is 2. The van der Waals surface area contributed by atoms with Gasteiger partial charge < -0.3 is 15.4 Å². The van der Waals surface area contributed by atoms with Crippen LogP contribution in [0.3, 0.4) is 0 Å². The Morgan fingerprint density at radius 1 is 1.43 bits per heavy atom. The van der Waals surface area contributed by atoms with E-state index in [1.54, 1.807) is 16.8 Å². The fourth-order valence-corrected chi connectivity index (χ4v) is 2.59. The highest BCUT2D eigenvalue weighted by Crippen LogP contribution is 2.20. The first-order valence-corrected chi connectivity index (χ1v) is 7.51. The molecule has 1 aliphatic heterocycles. The predicted octanol–water partition coefficient (Wildman–Crippen LogP) is 1.56. The predicted molar refractivity (Wildman–Crippen MR) is 84.2 cm³/mol. The van der Waals surface area contributed by atoms with Gasteiger partial charge >= 0.3 is 0 Å². The summed E-state index contributed by atoms with van der Waals surface area (Å²) in [6.07, 6.45) is -0.553. The van der Waals surface area contributed by atoms with Gasteiger partial charge in [0.1, 0.15) is 11.8 Å². The van der Waals surface area contributed by atoms with Crippen molar-refractivity contribution in [2.24, 2.45) is 0 Å². The molecule has 7 heteroatoms. The monoisotopic (exact) mass is 318 g/mol. The van der Waals surface area contributed by atoms with E-state index in [0.717, 1.165) is 17.9 Å². The number of hydrogen-bond donors (Lipinski definition) is 2. The van der Waals surface area contributed by atoms with Gasteiger partial charge in [-0.1, -0.05) is 0 Å². The number of nitrogens with zero attached hydrogens (tertiary/aromatic N) is 2. The maximum Gasteiger partial charge on any atom is 0.254 e. The minimum atomic E-state index is -0.553. The fraction of sp³-hybridized carbons (Fsp3) is 0.375. The molecular formula is C16H19FN4O2. The van der Waals surface area contributed by atoms with E-state index in [-0.39, 0.29) is 5.91 Å². The molecule has 122 valence electrons. The third-order valence-corrected chi connectivity index (χ3v) is 3.67. The van der Waals surface area contributed by atoms with Crippen molar-refractivity contribution >= 4 is 11.6 Å². The average molecular weight is 318 g/mol. The first-order valence-electron chi connectivity index (χ1n) is 7.51. The number of aryl methyl sites for hydroxylation is 2. The van der Waals surface area contributed by atoms with Gasteiger partial charge in [0.25, 0.3) is 5.91 Å². The molecule has 1 amide bonds. The summed E-state index contributed by atoms with van der Waals surface area (Å²) in [5, 5.41) is 10.0. The summed E-state index contributed by atoms with van der Waals surface area (Å²) in [6.45, 7) is 5.40. The second-order valence-electron chi connectivity index (χ2n) is 5.56. The van der Waals surface area contributed by atoms with Crippen LogP contribution in [-0.4, -0.2) is 41.5 Å². The van der Waals surface area contributed by atoms with E-state index in [4.69, 9.17) is 4.74 Å². The summed E-state index contributed by atoms with van der Waals surface area (Å²) < 4.78 is 21.3. The molecule has 1 aromatic heterocycles. The minimum absolute atomic E-state index is 0.282. The Hall–Kier alpha value is -2.25. The number of anilines is 1. The van der Waals surface area contributed by atoms with E-state index >= 15 is 0 Å². The van der Waals surface area contributed by atoms with E-state index in [2.05, 4.69) is 15.7 Å². The van der Waals surface area contributed by atoms with Crippen molar-refractivity contribution in [3.05, 3.63) is 41.5 Å². The third-order valence-electron chi connectivity index (χ3n) is 3.67. The van der Waals surface area contributed by atoms with Crippen molar-refractivity contribution in [3.63, 3.8) is 0 Å². The average Bonchev–Trinajstić information content (AvgIpc) is 2.87. The molecule has 1 atom stereocenters. The maximum absolute atomic E-state index is 14.4. The zero-order valence-corrected chi connectivity index (χ0v) is 13.1. The lowest BCUT2D eigenvalue weighted by Gasteiger charge is -2.22. The summed E-state index contributed by atoms with van der Waals surface area (Å²) >= 11 is 0. The van der Waals surface area contributed by atoms with Crippen molar-refractivity contribution in [1.82, 2.24) is 15.1 Å². The van der Waals surface area contributed by atoms with Crippen LogP contribution in [0.25, 0.3) is 5.69 Å². The number of amides is 1. The smallest absolute Gasteiger partial charge is 0.254 e. The van der Waals surface area contributed by atoms with Gasteiger partial charge in [-0.05, 0) is 38.1 Å². The standard InChI is InChI=1S/C16H19FN4O2/c1-10-7-11(2)21(20-10)14-4-3-12(8-13(14)17)19-16(22)15-9-18-5-6-23-15/h3-4,7-8,15,18H,5-6,9H2,1-2H3,(H,19,22). The van der Waals surface area contributed by atoms with Crippen LogP contribution >= 0.6 is 0 Å². The molecule has 23 heavy (non-hydrogen) atoms. The second kappa shape index (κ2) is 6.47. The largest absolute Gasteiger partial charge is 0.366 e. The van der Waals surface area contributed by atoms with Crippen LogP contribution < -0.4 is 10.6 Å². The molecule has 1 aliphatic rings. The number of hydrogen-bond acceptors (Lipinski definition) is 4. The number of morpholine rings is 1. The molecule has 0 saturated carbocycles. The number of rotatable bonds is 3. The Morgan fingerprint density at radius 2 is 2.26 bits per heavy atom. The van der Waals surface area contributed by atoms with Gasteiger partial charge in [-0.25, -0.2) is 9.07 Å². The third kappa shape index (κ3) is 3.40. The molecular weight excluding hydrogens is 299 g/mol. The van der Waals surface area contributed by atoms with E-state index in [1.165, 1.54) is 6.07 Å². The molecule has 1 aromatic carbocycles. The van der Waals surface area contributed by atoms with Crippen LogP contribution in [0, 0.1) is 19.7 Å². The first kappa shape index (κ1) is 15.6. The summed E-state index contributed by atoms with van der Waals surface area (Å²) in [5.74, 6) is -0.729. The first-order chi connectivity index (χ1) is 11.0. The summed E-state index contributed by atoms with van der Waals surface area (Å²) in [6, 6.07) is 6.43. The van der Waals surface area contributed by atoms with Crippen LogP contribution in [0.4, 0.5) is 10.1 Å². The van der Waals surface area contributed by atoms with Gasteiger partial charge in [0.15, 0.2) is 5.82 Å². The van der Waals surface area contributed by atoms with E-state index in [0.29, 0.717) is 24.5 Å². The Bertz CT molecular complexity index is 723. The molecule has 0 radical (unpaired) electrons.